The van der Waals surface area contributed by atoms with Gasteiger partial charge in [-0.15, -0.1) is 11.6 Å². The fourth-order valence-electron chi connectivity index (χ4n) is 1.39. The lowest BCUT2D eigenvalue weighted by atomic mass is 10.1. The van der Waals surface area contributed by atoms with Crippen LogP contribution in [0.2, 0.25) is 0 Å². The first-order valence-corrected chi connectivity index (χ1v) is 5.74. The van der Waals surface area contributed by atoms with Crippen LogP contribution in [0.15, 0.2) is 18.2 Å². The third-order valence-electron chi connectivity index (χ3n) is 2.26. The number of alkyl halides is 1. The van der Waals surface area contributed by atoms with E-state index in [2.05, 4.69) is 5.32 Å². The number of carbonyl (C=O) groups excluding carboxylic acids is 1. The van der Waals surface area contributed by atoms with E-state index < -0.39 is 11.7 Å². The van der Waals surface area contributed by atoms with Gasteiger partial charge in [-0.25, -0.2) is 4.39 Å². The standard InChI is InChI=1S/C12H15ClFNO2/c1-8-3-4-10(11(14)5-8)12(16)15-9(6-13)7-17-2/h3-5,9H,6-7H2,1-2H3,(H,15,16). The number of rotatable bonds is 5. The van der Waals surface area contributed by atoms with Gasteiger partial charge in [0.1, 0.15) is 5.82 Å². The van der Waals surface area contributed by atoms with Crippen LogP contribution in [-0.4, -0.2) is 31.5 Å². The van der Waals surface area contributed by atoms with E-state index in [0.29, 0.717) is 6.61 Å². The molecule has 1 aromatic carbocycles. The summed E-state index contributed by atoms with van der Waals surface area (Å²) in [5.41, 5.74) is 0.784. The maximum atomic E-state index is 13.5. The number of methoxy groups -OCH3 is 1. The minimum Gasteiger partial charge on any atom is -0.383 e. The lowest BCUT2D eigenvalue weighted by Crippen LogP contribution is -2.39. The Balaban J connectivity index is 2.75. The van der Waals surface area contributed by atoms with Crippen LogP contribution in [0.5, 0.6) is 0 Å². The number of nitrogens with one attached hydrogen (secondary N) is 1. The van der Waals surface area contributed by atoms with E-state index in [-0.39, 0.29) is 17.5 Å². The summed E-state index contributed by atoms with van der Waals surface area (Å²) in [5.74, 6) is -0.800. The molecule has 0 aliphatic rings. The van der Waals surface area contributed by atoms with Gasteiger partial charge in [0.2, 0.25) is 0 Å². The van der Waals surface area contributed by atoms with Gasteiger partial charge in [-0.2, -0.15) is 0 Å². The highest BCUT2D eigenvalue weighted by Crippen LogP contribution is 2.10. The van der Waals surface area contributed by atoms with Crippen LogP contribution in [0.1, 0.15) is 15.9 Å². The van der Waals surface area contributed by atoms with Gasteiger partial charge in [0.05, 0.1) is 18.2 Å². The molecule has 1 unspecified atom stereocenters. The number of hydrogen-bond donors (Lipinski definition) is 1. The predicted molar refractivity (Wildman–Crippen MR) is 65.0 cm³/mol. The molecule has 0 radical (unpaired) electrons. The van der Waals surface area contributed by atoms with E-state index in [1.54, 1.807) is 13.0 Å². The van der Waals surface area contributed by atoms with Crippen molar-refractivity contribution >= 4 is 17.5 Å². The zero-order valence-electron chi connectivity index (χ0n) is 9.80. The molecule has 0 aromatic heterocycles. The molecule has 0 spiro atoms. The second-order valence-electron chi connectivity index (χ2n) is 3.76. The number of carbonyl (C=O) groups is 1. The van der Waals surface area contributed by atoms with E-state index in [4.69, 9.17) is 16.3 Å². The van der Waals surface area contributed by atoms with E-state index in [0.717, 1.165) is 5.56 Å². The molecule has 1 aromatic rings. The quantitative estimate of drug-likeness (QED) is 0.823. The van der Waals surface area contributed by atoms with Gasteiger partial charge in [-0.05, 0) is 24.6 Å². The van der Waals surface area contributed by atoms with Crippen LogP contribution in [0, 0.1) is 12.7 Å². The monoisotopic (exact) mass is 259 g/mol. The Labute approximate surface area is 105 Å². The summed E-state index contributed by atoms with van der Waals surface area (Å²) < 4.78 is 18.4. The van der Waals surface area contributed by atoms with Crippen molar-refractivity contribution in [1.29, 1.82) is 0 Å². The first kappa shape index (κ1) is 13.9. The highest BCUT2D eigenvalue weighted by molar-refractivity contribution is 6.18. The zero-order chi connectivity index (χ0) is 12.8. The predicted octanol–water partition coefficient (Wildman–Crippen LogP) is 2.12. The Morgan fingerprint density at radius 1 is 1.59 bits per heavy atom. The topological polar surface area (TPSA) is 38.3 Å². The summed E-state index contributed by atoms with van der Waals surface area (Å²) >= 11 is 5.65. The van der Waals surface area contributed by atoms with Crippen molar-refractivity contribution in [2.75, 3.05) is 19.6 Å². The molecule has 1 atom stereocenters. The molecule has 17 heavy (non-hydrogen) atoms. The van der Waals surface area contributed by atoms with Crippen LogP contribution >= 0.6 is 11.6 Å². The second-order valence-corrected chi connectivity index (χ2v) is 4.07. The second kappa shape index (κ2) is 6.57. The first-order valence-electron chi connectivity index (χ1n) is 5.20. The molecule has 1 N–H and O–H groups in total. The third kappa shape index (κ3) is 3.98. The lowest BCUT2D eigenvalue weighted by Gasteiger charge is -2.15. The average molecular weight is 260 g/mol. The van der Waals surface area contributed by atoms with E-state index in [1.807, 2.05) is 0 Å². The van der Waals surface area contributed by atoms with Crippen molar-refractivity contribution in [2.45, 2.75) is 13.0 Å². The summed E-state index contributed by atoms with van der Waals surface area (Å²) in [7, 11) is 1.51. The zero-order valence-corrected chi connectivity index (χ0v) is 10.6. The molecule has 0 saturated heterocycles. The van der Waals surface area contributed by atoms with E-state index in [1.165, 1.54) is 19.2 Å². The molecule has 94 valence electrons. The van der Waals surface area contributed by atoms with E-state index >= 15 is 0 Å². The molecule has 0 aliphatic carbocycles. The van der Waals surface area contributed by atoms with Crippen molar-refractivity contribution in [1.82, 2.24) is 5.32 Å². The Hall–Kier alpha value is -1.13. The van der Waals surface area contributed by atoms with Gasteiger partial charge in [-0.1, -0.05) is 6.07 Å². The molecule has 0 fully saturated rings. The van der Waals surface area contributed by atoms with Crippen LogP contribution in [0.4, 0.5) is 4.39 Å². The Morgan fingerprint density at radius 3 is 2.82 bits per heavy atom. The third-order valence-corrected chi connectivity index (χ3v) is 2.63. The van der Waals surface area contributed by atoms with Crippen LogP contribution in [0.25, 0.3) is 0 Å². The largest absolute Gasteiger partial charge is 0.383 e. The van der Waals surface area contributed by atoms with Crippen molar-refractivity contribution < 1.29 is 13.9 Å². The van der Waals surface area contributed by atoms with Crippen molar-refractivity contribution in [3.8, 4) is 0 Å². The van der Waals surface area contributed by atoms with Crippen molar-refractivity contribution in [2.24, 2.45) is 0 Å². The van der Waals surface area contributed by atoms with E-state index in [9.17, 15) is 9.18 Å². The number of amides is 1. The van der Waals surface area contributed by atoms with Gasteiger partial charge in [0.15, 0.2) is 0 Å². The molecule has 5 heteroatoms. The molecule has 1 amide bonds. The number of ether oxygens (including phenoxy) is 1. The van der Waals surface area contributed by atoms with Gasteiger partial charge < -0.3 is 10.1 Å². The smallest absolute Gasteiger partial charge is 0.254 e. The van der Waals surface area contributed by atoms with Gasteiger partial charge >= 0.3 is 0 Å². The maximum Gasteiger partial charge on any atom is 0.254 e. The summed E-state index contributed by atoms with van der Waals surface area (Å²) in [6.45, 7) is 2.06. The Kier molecular flexibility index (Phi) is 5.38. The van der Waals surface area contributed by atoms with Gasteiger partial charge in [0, 0.05) is 13.0 Å². The van der Waals surface area contributed by atoms with Crippen molar-refractivity contribution in [3.63, 3.8) is 0 Å². The first-order chi connectivity index (χ1) is 8.08. The highest BCUT2D eigenvalue weighted by atomic mass is 35.5. The fourth-order valence-corrected chi connectivity index (χ4v) is 1.56. The summed E-state index contributed by atoms with van der Waals surface area (Å²) in [6, 6.07) is 4.14. The molecule has 0 saturated carbocycles. The molecule has 0 aliphatic heterocycles. The SMILES string of the molecule is COCC(CCl)NC(=O)c1ccc(C)cc1F. The van der Waals surface area contributed by atoms with Crippen molar-refractivity contribution in [3.05, 3.63) is 35.1 Å². The lowest BCUT2D eigenvalue weighted by molar-refractivity contribution is 0.0903. The van der Waals surface area contributed by atoms with Crippen LogP contribution in [-0.2, 0) is 4.74 Å². The highest BCUT2D eigenvalue weighted by Gasteiger charge is 2.15. The Morgan fingerprint density at radius 2 is 2.29 bits per heavy atom. The number of hydrogen-bond acceptors (Lipinski definition) is 2. The number of halogens is 2. The molecule has 0 heterocycles. The van der Waals surface area contributed by atoms with Crippen LogP contribution in [0.3, 0.4) is 0 Å². The normalized spacial score (nSPS) is 12.2. The molecular weight excluding hydrogens is 245 g/mol. The fraction of sp³-hybridized carbons (Fsp3) is 0.417. The number of benzene rings is 1. The summed E-state index contributed by atoms with van der Waals surface area (Å²) in [5, 5.41) is 2.61. The molecule has 1 rings (SSSR count). The minimum absolute atomic E-state index is 0.0156. The minimum atomic E-state index is -0.534. The average Bonchev–Trinajstić information content (AvgIpc) is 2.28. The van der Waals surface area contributed by atoms with Gasteiger partial charge in [-0.3, -0.25) is 4.79 Å². The maximum absolute atomic E-state index is 13.5. The Bertz CT molecular complexity index is 398. The molecule has 3 nitrogen and oxygen atoms in total. The van der Waals surface area contributed by atoms with Gasteiger partial charge in [0.25, 0.3) is 5.91 Å². The molecule has 0 bridgehead atoms. The van der Waals surface area contributed by atoms with Crippen LogP contribution < -0.4 is 5.32 Å². The molecular formula is C12H15ClFNO2. The summed E-state index contributed by atoms with van der Waals surface area (Å²) in [4.78, 5) is 11.8. The number of aryl methyl sites for hydroxylation is 1. The summed E-state index contributed by atoms with van der Waals surface area (Å²) in [6.07, 6.45) is 0.